The number of carbonyl (C=O) groups excluding carboxylic acids is 1. The molecule has 29 heavy (non-hydrogen) atoms. The van der Waals surface area contributed by atoms with Gasteiger partial charge in [0.1, 0.15) is 6.61 Å². The predicted octanol–water partition coefficient (Wildman–Crippen LogP) is 0.601. The lowest BCUT2D eigenvalue weighted by atomic mass is 10.3. The van der Waals surface area contributed by atoms with Crippen molar-refractivity contribution in [1.82, 2.24) is 5.32 Å². The number of carboxylic acids is 1. The number of aliphatic carboxylic acids is 1. The van der Waals surface area contributed by atoms with Gasteiger partial charge in [-0.15, -0.1) is 0 Å². The molecule has 0 bridgehead atoms. The van der Waals surface area contributed by atoms with E-state index in [1.54, 1.807) is 0 Å². The third kappa shape index (κ3) is 24.2. The molecule has 0 unspecified atom stereocenters. The summed E-state index contributed by atoms with van der Waals surface area (Å²) in [6, 6.07) is 0. The lowest BCUT2D eigenvalue weighted by Crippen LogP contribution is -2.25. The Hall–Kier alpha value is -1.72. The molecule has 0 rings (SSSR count). The Bertz CT molecular complexity index is 407. The molecule has 0 aliphatic heterocycles. The molecule has 0 heterocycles. The summed E-state index contributed by atoms with van der Waals surface area (Å²) in [4.78, 5) is 21.6. The van der Waals surface area contributed by atoms with Crippen LogP contribution in [0, 0.1) is 0 Å². The number of hydrogen-bond donors (Lipinski definition) is 2. The third-order valence-electron chi connectivity index (χ3n) is 3.30. The second-order valence-electron chi connectivity index (χ2n) is 5.70. The second-order valence-corrected chi connectivity index (χ2v) is 5.70. The van der Waals surface area contributed by atoms with Gasteiger partial charge in [0.2, 0.25) is 5.91 Å². The maximum Gasteiger partial charge on any atom is 0.303 e. The van der Waals surface area contributed by atoms with Crippen LogP contribution in [-0.2, 0) is 38.0 Å². The molecule has 0 aliphatic carbocycles. The average molecular weight is 421 g/mol. The highest BCUT2D eigenvalue weighted by Crippen LogP contribution is 1.89. The van der Waals surface area contributed by atoms with Crippen LogP contribution in [0.5, 0.6) is 0 Å². The van der Waals surface area contributed by atoms with Crippen molar-refractivity contribution in [2.24, 2.45) is 0 Å². The normalized spacial score (nSPS) is 10.6. The Morgan fingerprint density at radius 2 is 1.17 bits per heavy atom. The Morgan fingerprint density at radius 3 is 1.62 bits per heavy atom. The van der Waals surface area contributed by atoms with Gasteiger partial charge >= 0.3 is 5.97 Å². The summed E-state index contributed by atoms with van der Waals surface area (Å²) < 4.78 is 31.6. The fraction of sp³-hybridized carbons (Fsp3) is 0.789. The largest absolute Gasteiger partial charge is 0.499 e. The molecule has 1 amide bonds. The molecule has 0 atom stereocenters. The first-order valence-corrected chi connectivity index (χ1v) is 9.76. The summed E-state index contributed by atoms with van der Waals surface area (Å²) in [5.74, 6) is -1.24. The van der Waals surface area contributed by atoms with Crippen molar-refractivity contribution >= 4 is 11.9 Å². The smallest absolute Gasteiger partial charge is 0.303 e. The van der Waals surface area contributed by atoms with E-state index in [9.17, 15) is 9.59 Å². The Balaban J connectivity index is 3.09. The zero-order valence-corrected chi connectivity index (χ0v) is 17.1. The lowest BCUT2D eigenvalue weighted by Gasteiger charge is -2.08. The number of carboxylic acid groups (broad SMARTS) is 1. The molecule has 10 nitrogen and oxygen atoms in total. The predicted molar refractivity (Wildman–Crippen MR) is 105 cm³/mol. The Labute approximate surface area is 172 Å². The summed E-state index contributed by atoms with van der Waals surface area (Å²) in [6.45, 7) is 9.33. The minimum Gasteiger partial charge on any atom is -0.499 e. The van der Waals surface area contributed by atoms with Crippen LogP contribution in [0.25, 0.3) is 0 Å². The molecule has 2 N–H and O–H groups in total. The van der Waals surface area contributed by atoms with Gasteiger partial charge in [0.25, 0.3) is 0 Å². The van der Waals surface area contributed by atoms with E-state index in [0.29, 0.717) is 85.6 Å². The molecule has 0 aromatic carbocycles. The molecule has 0 aromatic heterocycles. The molecular weight excluding hydrogens is 386 g/mol. The number of carbonyl (C=O) groups is 2. The standard InChI is InChI=1S/C19H35NO9/c1-2-24-8-9-26-12-13-28-16-17-29-15-14-27-11-10-25-7-3-6-20-18(21)4-5-19(22)23/h2H,1,3-17H2,(H,20,21)(H,22,23). The van der Waals surface area contributed by atoms with E-state index < -0.39 is 5.97 Å². The molecule has 0 saturated heterocycles. The summed E-state index contributed by atoms with van der Waals surface area (Å²) in [5, 5.41) is 11.1. The van der Waals surface area contributed by atoms with Crippen molar-refractivity contribution < 1.29 is 43.1 Å². The molecule has 0 fully saturated rings. The quantitative estimate of drug-likeness (QED) is 0.180. The number of nitrogens with one attached hydrogen (secondary N) is 1. The van der Waals surface area contributed by atoms with Crippen molar-refractivity contribution in [3.05, 3.63) is 12.8 Å². The zero-order chi connectivity index (χ0) is 21.4. The number of rotatable bonds is 23. The van der Waals surface area contributed by atoms with Gasteiger partial charge in [-0.3, -0.25) is 9.59 Å². The summed E-state index contributed by atoms with van der Waals surface area (Å²) in [7, 11) is 0. The van der Waals surface area contributed by atoms with E-state index >= 15 is 0 Å². The van der Waals surface area contributed by atoms with E-state index in [4.69, 9.17) is 33.5 Å². The van der Waals surface area contributed by atoms with Crippen LogP contribution in [0.2, 0.25) is 0 Å². The number of ether oxygens (including phenoxy) is 6. The van der Waals surface area contributed by atoms with Gasteiger partial charge in [-0.05, 0) is 6.42 Å². The van der Waals surface area contributed by atoms with Gasteiger partial charge in [0.15, 0.2) is 0 Å². The van der Waals surface area contributed by atoms with Crippen LogP contribution in [0.1, 0.15) is 19.3 Å². The highest BCUT2D eigenvalue weighted by atomic mass is 16.6. The summed E-state index contributed by atoms with van der Waals surface area (Å²) in [6.07, 6.45) is 1.89. The molecule has 170 valence electrons. The van der Waals surface area contributed by atoms with Gasteiger partial charge in [0, 0.05) is 19.6 Å². The first kappa shape index (κ1) is 27.3. The lowest BCUT2D eigenvalue weighted by molar-refractivity contribution is -0.138. The van der Waals surface area contributed by atoms with Crippen molar-refractivity contribution in [2.75, 3.05) is 79.2 Å². The molecule has 0 aromatic rings. The van der Waals surface area contributed by atoms with Gasteiger partial charge < -0.3 is 38.8 Å². The second kappa shape index (κ2) is 22.6. The van der Waals surface area contributed by atoms with E-state index in [1.807, 2.05) is 0 Å². The number of hydrogen-bond acceptors (Lipinski definition) is 8. The van der Waals surface area contributed by atoms with Crippen LogP contribution in [-0.4, -0.2) is 96.2 Å². The fourth-order valence-electron chi connectivity index (χ4n) is 1.88. The van der Waals surface area contributed by atoms with Crippen LogP contribution < -0.4 is 5.32 Å². The first-order valence-electron chi connectivity index (χ1n) is 9.76. The zero-order valence-electron chi connectivity index (χ0n) is 17.1. The van der Waals surface area contributed by atoms with Crippen LogP contribution in [0.15, 0.2) is 12.8 Å². The van der Waals surface area contributed by atoms with Gasteiger partial charge in [-0.2, -0.15) is 0 Å². The summed E-state index contributed by atoms with van der Waals surface area (Å²) in [5.41, 5.74) is 0. The highest BCUT2D eigenvalue weighted by molar-refractivity contribution is 5.80. The Morgan fingerprint density at radius 1 is 0.724 bits per heavy atom. The minimum absolute atomic E-state index is 0.00109. The molecular formula is C19H35NO9. The molecule has 0 aliphatic rings. The van der Waals surface area contributed by atoms with Crippen molar-refractivity contribution in [2.45, 2.75) is 19.3 Å². The Kier molecular flexibility index (Phi) is 21.2. The highest BCUT2D eigenvalue weighted by Gasteiger charge is 2.04. The average Bonchev–Trinajstić information content (AvgIpc) is 2.70. The van der Waals surface area contributed by atoms with Gasteiger partial charge in [-0.25, -0.2) is 0 Å². The number of amides is 1. The SMILES string of the molecule is C=COCCOCCOCCOCCOCCOCCCNC(=O)CCC(=O)O. The van der Waals surface area contributed by atoms with Crippen molar-refractivity contribution in [3.63, 3.8) is 0 Å². The van der Waals surface area contributed by atoms with Crippen molar-refractivity contribution in [1.29, 1.82) is 0 Å². The van der Waals surface area contributed by atoms with E-state index in [2.05, 4.69) is 11.9 Å². The molecule has 10 heteroatoms. The van der Waals surface area contributed by atoms with Gasteiger partial charge in [-0.1, -0.05) is 6.58 Å². The molecule has 0 radical (unpaired) electrons. The fourth-order valence-corrected chi connectivity index (χ4v) is 1.88. The van der Waals surface area contributed by atoms with E-state index in [-0.39, 0.29) is 18.7 Å². The molecule has 0 saturated carbocycles. The van der Waals surface area contributed by atoms with Gasteiger partial charge in [0.05, 0.1) is 72.1 Å². The van der Waals surface area contributed by atoms with Crippen LogP contribution in [0.3, 0.4) is 0 Å². The topological polar surface area (TPSA) is 122 Å². The monoisotopic (exact) mass is 421 g/mol. The minimum atomic E-state index is -0.977. The first-order chi connectivity index (χ1) is 14.2. The van der Waals surface area contributed by atoms with E-state index in [0.717, 1.165) is 0 Å². The van der Waals surface area contributed by atoms with Crippen LogP contribution in [0.4, 0.5) is 0 Å². The third-order valence-corrected chi connectivity index (χ3v) is 3.30. The molecule has 0 spiro atoms. The summed E-state index contributed by atoms with van der Waals surface area (Å²) >= 11 is 0. The maximum absolute atomic E-state index is 11.3. The van der Waals surface area contributed by atoms with E-state index in [1.165, 1.54) is 6.26 Å². The van der Waals surface area contributed by atoms with Crippen LogP contribution >= 0.6 is 0 Å². The van der Waals surface area contributed by atoms with Crippen molar-refractivity contribution in [3.8, 4) is 0 Å². The maximum atomic E-state index is 11.3.